The van der Waals surface area contributed by atoms with Crippen LogP contribution in [0.25, 0.3) is 0 Å². The molecule has 0 unspecified atom stereocenters. The van der Waals surface area contributed by atoms with E-state index in [1.807, 2.05) is 36.6 Å². The zero-order valence-electron chi connectivity index (χ0n) is 13.8. The lowest BCUT2D eigenvalue weighted by Gasteiger charge is -2.26. The maximum absolute atomic E-state index is 12.4. The Kier molecular flexibility index (Phi) is 9.18. The predicted octanol–water partition coefficient (Wildman–Crippen LogP) is 2.22. The SMILES string of the molecule is CSCC[C@H](N)C(=O)N1CCC[C@H]1C(=O)OCc1ccccc1.Cl. The van der Waals surface area contributed by atoms with Crippen molar-refractivity contribution < 1.29 is 14.3 Å². The van der Waals surface area contributed by atoms with E-state index in [1.165, 1.54) is 0 Å². The highest BCUT2D eigenvalue weighted by Gasteiger charge is 2.36. The largest absolute Gasteiger partial charge is 0.459 e. The lowest BCUT2D eigenvalue weighted by Crippen LogP contribution is -2.49. The van der Waals surface area contributed by atoms with Gasteiger partial charge in [0.1, 0.15) is 12.6 Å². The van der Waals surface area contributed by atoms with Crippen molar-refractivity contribution >= 4 is 36.0 Å². The summed E-state index contributed by atoms with van der Waals surface area (Å²) in [5.74, 6) is 0.360. The van der Waals surface area contributed by atoms with Crippen LogP contribution in [0.2, 0.25) is 0 Å². The summed E-state index contributed by atoms with van der Waals surface area (Å²) in [4.78, 5) is 26.3. The number of hydrogen-bond donors (Lipinski definition) is 1. The minimum absolute atomic E-state index is 0. The fourth-order valence-electron chi connectivity index (χ4n) is 2.68. The summed E-state index contributed by atoms with van der Waals surface area (Å²) in [7, 11) is 0. The molecule has 1 amide bonds. The number of nitrogens with zero attached hydrogens (tertiary/aromatic N) is 1. The summed E-state index contributed by atoms with van der Waals surface area (Å²) in [6, 6.07) is 8.50. The van der Waals surface area contributed by atoms with Gasteiger partial charge in [0.25, 0.3) is 0 Å². The van der Waals surface area contributed by atoms with Gasteiger partial charge in [-0.05, 0) is 36.8 Å². The fourth-order valence-corrected chi connectivity index (χ4v) is 3.17. The van der Waals surface area contributed by atoms with Gasteiger partial charge in [0.05, 0.1) is 6.04 Å². The second-order valence-electron chi connectivity index (χ2n) is 5.67. The molecular weight excluding hydrogens is 348 g/mol. The number of esters is 1. The maximum atomic E-state index is 12.4. The monoisotopic (exact) mass is 372 g/mol. The molecule has 0 aromatic heterocycles. The number of likely N-dealkylation sites (tertiary alicyclic amines) is 1. The van der Waals surface area contributed by atoms with Gasteiger partial charge in [-0.3, -0.25) is 4.79 Å². The molecule has 1 aliphatic heterocycles. The van der Waals surface area contributed by atoms with Crippen molar-refractivity contribution in [3.8, 4) is 0 Å². The molecule has 5 nitrogen and oxygen atoms in total. The molecule has 1 fully saturated rings. The molecule has 2 atom stereocenters. The Morgan fingerprint density at radius 2 is 2.08 bits per heavy atom. The normalized spacial score (nSPS) is 17.9. The van der Waals surface area contributed by atoms with E-state index in [1.54, 1.807) is 16.7 Å². The molecule has 1 aliphatic rings. The zero-order valence-corrected chi connectivity index (χ0v) is 15.5. The second-order valence-corrected chi connectivity index (χ2v) is 6.66. The molecule has 0 bridgehead atoms. The molecular formula is C17H25ClN2O3S. The number of carbonyl (C=O) groups is 2. The van der Waals surface area contributed by atoms with Gasteiger partial charge in [-0.15, -0.1) is 12.4 Å². The van der Waals surface area contributed by atoms with Crippen LogP contribution in [0.1, 0.15) is 24.8 Å². The quantitative estimate of drug-likeness (QED) is 0.743. The molecule has 2 N–H and O–H groups in total. The van der Waals surface area contributed by atoms with Gasteiger partial charge in [0.15, 0.2) is 0 Å². The van der Waals surface area contributed by atoms with E-state index in [-0.39, 0.29) is 30.9 Å². The number of carbonyl (C=O) groups excluding carboxylic acids is 2. The number of thioether (sulfide) groups is 1. The number of ether oxygens (including phenoxy) is 1. The summed E-state index contributed by atoms with van der Waals surface area (Å²) >= 11 is 1.66. The molecule has 2 rings (SSSR count). The smallest absolute Gasteiger partial charge is 0.329 e. The first-order chi connectivity index (χ1) is 11.1. The highest BCUT2D eigenvalue weighted by Crippen LogP contribution is 2.20. The number of rotatable bonds is 7. The van der Waals surface area contributed by atoms with Crippen molar-refractivity contribution in [1.82, 2.24) is 4.90 Å². The number of amides is 1. The van der Waals surface area contributed by atoms with E-state index >= 15 is 0 Å². The molecule has 7 heteroatoms. The van der Waals surface area contributed by atoms with Crippen LogP contribution in [-0.2, 0) is 20.9 Å². The Bertz CT molecular complexity index is 530. The van der Waals surface area contributed by atoms with Gasteiger partial charge in [0, 0.05) is 6.54 Å². The summed E-state index contributed by atoms with van der Waals surface area (Å²) < 4.78 is 5.38. The van der Waals surface area contributed by atoms with Crippen molar-refractivity contribution in [3.05, 3.63) is 35.9 Å². The predicted molar refractivity (Wildman–Crippen MR) is 99.2 cm³/mol. The van der Waals surface area contributed by atoms with Crippen molar-refractivity contribution in [2.45, 2.75) is 38.0 Å². The third-order valence-electron chi connectivity index (χ3n) is 3.98. The first-order valence-electron chi connectivity index (χ1n) is 7.89. The Morgan fingerprint density at radius 1 is 1.38 bits per heavy atom. The van der Waals surface area contributed by atoms with Gasteiger partial charge in [-0.1, -0.05) is 30.3 Å². The number of hydrogen-bond acceptors (Lipinski definition) is 5. The first-order valence-corrected chi connectivity index (χ1v) is 9.28. The number of benzene rings is 1. The van der Waals surface area contributed by atoms with Crippen LogP contribution in [-0.4, -0.2) is 47.4 Å². The Morgan fingerprint density at radius 3 is 2.75 bits per heavy atom. The number of halogens is 1. The molecule has 0 spiro atoms. The minimum atomic E-state index is -0.537. The van der Waals surface area contributed by atoms with Gasteiger partial charge in [-0.25, -0.2) is 4.79 Å². The lowest BCUT2D eigenvalue weighted by molar-refractivity contribution is -0.154. The van der Waals surface area contributed by atoms with Crippen LogP contribution >= 0.6 is 24.2 Å². The summed E-state index contributed by atoms with van der Waals surface area (Å²) in [6.07, 6.45) is 4.07. The molecule has 24 heavy (non-hydrogen) atoms. The lowest BCUT2D eigenvalue weighted by atomic mass is 10.1. The van der Waals surface area contributed by atoms with E-state index < -0.39 is 12.1 Å². The molecule has 1 aromatic rings. The molecule has 0 aliphatic carbocycles. The standard InChI is InChI=1S/C17H24N2O3S.ClH/c1-23-11-9-14(18)16(20)19-10-5-8-15(19)17(21)22-12-13-6-3-2-4-7-13;/h2-4,6-7,14-15H,5,8-12,18H2,1H3;1H/t14-,15-;/m0./s1. The zero-order chi connectivity index (χ0) is 16.7. The van der Waals surface area contributed by atoms with Crippen molar-refractivity contribution in [3.63, 3.8) is 0 Å². The highest BCUT2D eigenvalue weighted by atomic mass is 35.5. The molecule has 0 saturated carbocycles. The van der Waals surface area contributed by atoms with E-state index in [0.29, 0.717) is 19.4 Å². The molecule has 0 radical (unpaired) electrons. The maximum Gasteiger partial charge on any atom is 0.329 e. The van der Waals surface area contributed by atoms with Gasteiger partial charge >= 0.3 is 5.97 Å². The highest BCUT2D eigenvalue weighted by molar-refractivity contribution is 7.98. The van der Waals surface area contributed by atoms with Crippen LogP contribution in [0.3, 0.4) is 0 Å². The van der Waals surface area contributed by atoms with Gasteiger partial charge < -0.3 is 15.4 Å². The molecule has 1 saturated heterocycles. The van der Waals surface area contributed by atoms with Crippen molar-refractivity contribution in [1.29, 1.82) is 0 Å². The van der Waals surface area contributed by atoms with Crippen LogP contribution in [0, 0.1) is 0 Å². The average Bonchev–Trinajstić information content (AvgIpc) is 3.07. The van der Waals surface area contributed by atoms with Gasteiger partial charge in [0.2, 0.25) is 5.91 Å². The van der Waals surface area contributed by atoms with Crippen LogP contribution in [0.5, 0.6) is 0 Å². The van der Waals surface area contributed by atoms with E-state index in [2.05, 4.69) is 0 Å². The van der Waals surface area contributed by atoms with Crippen LogP contribution < -0.4 is 5.73 Å². The van der Waals surface area contributed by atoms with Crippen molar-refractivity contribution in [2.24, 2.45) is 5.73 Å². The van der Waals surface area contributed by atoms with Crippen LogP contribution in [0.15, 0.2) is 30.3 Å². The third-order valence-corrected chi connectivity index (χ3v) is 4.63. The summed E-state index contributed by atoms with van der Waals surface area (Å²) in [6.45, 7) is 0.813. The van der Waals surface area contributed by atoms with Gasteiger partial charge in [-0.2, -0.15) is 11.8 Å². The van der Waals surface area contributed by atoms with Crippen LogP contribution in [0.4, 0.5) is 0 Å². The van der Waals surface area contributed by atoms with E-state index in [0.717, 1.165) is 17.7 Å². The fraction of sp³-hybridized carbons (Fsp3) is 0.529. The Labute approximate surface area is 153 Å². The summed E-state index contributed by atoms with van der Waals surface area (Å²) in [5, 5.41) is 0. The Hall–Kier alpha value is -1.24. The third kappa shape index (κ3) is 5.69. The van der Waals surface area contributed by atoms with E-state index in [4.69, 9.17) is 10.5 Å². The van der Waals surface area contributed by atoms with Crippen molar-refractivity contribution in [2.75, 3.05) is 18.6 Å². The van der Waals surface area contributed by atoms with E-state index in [9.17, 15) is 9.59 Å². The summed E-state index contributed by atoms with van der Waals surface area (Å²) in [5.41, 5.74) is 6.89. The molecule has 1 aromatic carbocycles. The second kappa shape index (κ2) is 10.6. The molecule has 1 heterocycles. The average molecular weight is 373 g/mol. The Balaban J connectivity index is 0.00000288. The number of nitrogens with two attached hydrogens (primary N) is 1. The topological polar surface area (TPSA) is 72.6 Å². The first kappa shape index (κ1) is 20.8. The molecule has 134 valence electrons. The minimum Gasteiger partial charge on any atom is -0.459 e.